The van der Waals surface area contributed by atoms with Crippen molar-refractivity contribution in [3.63, 3.8) is 0 Å². The summed E-state index contributed by atoms with van der Waals surface area (Å²) in [6.45, 7) is 0. The van der Waals surface area contributed by atoms with Gasteiger partial charge in [0.1, 0.15) is 11.4 Å². The van der Waals surface area contributed by atoms with Gasteiger partial charge < -0.3 is 10.5 Å². The number of methoxy groups -OCH3 is 1. The molecule has 33 heavy (non-hydrogen) atoms. The molecule has 166 valence electrons. The summed E-state index contributed by atoms with van der Waals surface area (Å²) in [5, 5.41) is 29.8. The number of carbonyl (C=O) groups excluding carboxylic acids is 1. The highest BCUT2D eigenvalue weighted by molar-refractivity contribution is 5.99. The van der Waals surface area contributed by atoms with Crippen molar-refractivity contribution in [3.8, 4) is 22.8 Å². The summed E-state index contributed by atoms with van der Waals surface area (Å²) in [7, 11) is 1.51. The minimum atomic E-state index is -0.674. The third-order valence-electron chi connectivity index (χ3n) is 4.41. The first-order chi connectivity index (χ1) is 16.0. The highest BCUT2D eigenvalue weighted by Crippen LogP contribution is 2.28. The summed E-state index contributed by atoms with van der Waals surface area (Å²) >= 11 is 0. The largest absolute Gasteiger partial charge is 0.497 e. The fraction of sp³-hybridized carbons (Fsp3) is 0.0526. The maximum atomic E-state index is 12.8. The van der Waals surface area contributed by atoms with Crippen LogP contribution in [-0.4, -0.2) is 49.5 Å². The predicted octanol–water partition coefficient (Wildman–Crippen LogP) is 1.58. The van der Waals surface area contributed by atoms with Crippen LogP contribution in [0.4, 0.5) is 11.5 Å². The summed E-state index contributed by atoms with van der Waals surface area (Å²) < 4.78 is 11.1. The van der Waals surface area contributed by atoms with Gasteiger partial charge in [-0.2, -0.15) is 9.78 Å². The first-order valence-electron chi connectivity index (χ1n) is 9.24. The van der Waals surface area contributed by atoms with E-state index in [-0.39, 0.29) is 28.7 Å². The van der Waals surface area contributed by atoms with Crippen molar-refractivity contribution >= 4 is 23.6 Å². The van der Waals surface area contributed by atoms with Gasteiger partial charge in [-0.3, -0.25) is 14.9 Å². The predicted molar refractivity (Wildman–Crippen MR) is 114 cm³/mol. The van der Waals surface area contributed by atoms with Gasteiger partial charge in [0, 0.05) is 17.7 Å². The van der Waals surface area contributed by atoms with E-state index in [0.29, 0.717) is 16.9 Å². The Kier molecular flexibility index (Phi) is 5.71. The van der Waals surface area contributed by atoms with Crippen LogP contribution in [0, 0.1) is 10.1 Å². The van der Waals surface area contributed by atoms with E-state index in [4.69, 9.17) is 10.5 Å². The lowest BCUT2D eigenvalue weighted by Gasteiger charge is -2.07. The second kappa shape index (κ2) is 8.93. The number of non-ortho nitro benzene ring substituents is 1. The number of nitrogens with two attached hydrogens (primary N) is 1. The topological polar surface area (TPSA) is 189 Å². The van der Waals surface area contributed by atoms with Crippen molar-refractivity contribution in [1.82, 2.24) is 30.7 Å². The number of carbonyl (C=O) groups is 1. The molecule has 2 aromatic carbocycles. The number of nitrogens with one attached hydrogen (secondary N) is 1. The van der Waals surface area contributed by atoms with Crippen molar-refractivity contribution in [3.05, 3.63) is 69.9 Å². The number of hydrogen-bond acceptors (Lipinski definition) is 11. The fourth-order valence-corrected chi connectivity index (χ4v) is 2.85. The van der Waals surface area contributed by atoms with Crippen LogP contribution in [0.1, 0.15) is 16.1 Å². The van der Waals surface area contributed by atoms with Crippen LogP contribution in [0.25, 0.3) is 17.1 Å². The zero-order valence-electron chi connectivity index (χ0n) is 16.9. The molecule has 4 rings (SSSR count). The Morgan fingerprint density at radius 3 is 2.73 bits per heavy atom. The fourth-order valence-electron chi connectivity index (χ4n) is 2.85. The highest BCUT2D eigenvalue weighted by atomic mass is 16.6. The van der Waals surface area contributed by atoms with Gasteiger partial charge in [0.2, 0.25) is 11.6 Å². The number of amides is 1. The van der Waals surface area contributed by atoms with Gasteiger partial charge in [-0.1, -0.05) is 17.3 Å². The molecule has 2 heterocycles. The van der Waals surface area contributed by atoms with E-state index < -0.39 is 10.8 Å². The monoisotopic (exact) mass is 449 g/mol. The molecular weight excluding hydrogens is 434 g/mol. The molecule has 0 saturated carbocycles. The van der Waals surface area contributed by atoms with E-state index in [0.717, 1.165) is 0 Å². The van der Waals surface area contributed by atoms with E-state index >= 15 is 0 Å². The number of anilines is 1. The lowest BCUT2D eigenvalue weighted by Crippen LogP contribution is -2.19. The van der Waals surface area contributed by atoms with Crippen LogP contribution in [-0.2, 0) is 0 Å². The smallest absolute Gasteiger partial charge is 0.294 e. The molecule has 0 spiro atoms. The molecular formula is C19H15N9O5. The molecule has 3 N–H and O–H groups in total. The van der Waals surface area contributed by atoms with Gasteiger partial charge in [-0.05, 0) is 40.1 Å². The Hall–Kier alpha value is -5.14. The maximum absolute atomic E-state index is 12.8. The Balaban J connectivity index is 1.65. The van der Waals surface area contributed by atoms with Gasteiger partial charge in [-0.15, -0.1) is 5.10 Å². The first kappa shape index (κ1) is 21.1. The molecule has 0 saturated heterocycles. The zero-order valence-corrected chi connectivity index (χ0v) is 16.9. The molecule has 4 aromatic rings. The Bertz CT molecular complexity index is 1340. The van der Waals surface area contributed by atoms with E-state index in [2.05, 4.69) is 35.8 Å². The van der Waals surface area contributed by atoms with E-state index in [9.17, 15) is 14.9 Å². The summed E-state index contributed by atoms with van der Waals surface area (Å²) in [6.07, 6.45) is 1.33. The second-order valence-electron chi connectivity index (χ2n) is 6.45. The molecule has 0 aliphatic rings. The quantitative estimate of drug-likeness (QED) is 0.238. The van der Waals surface area contributed by atoms with Gasteiger partial charge in [0.05, 0.1) is 18.2 Å². The summed E-state index contributed by atoms with van der Waals surface area (Å²) in [5.74, 6) is -0.137. The molecule has 0 atom stereocenters. The van der Waals surface area contributed by atoms with E-state index in [1.165, 1.54) is 42.3 Å². The molecule has 2 aromatic heterocycles. The number of rotatable bonds is 7. The zero-order chi connectivity index (χ0) is 23.4. The number of nitro groups is 1. The lowest BCUT2D eigenvalue weighted by molar-refractivity contribution is -0.384. The van der Waals surface area contributed by atoms with Crippen LogP contribution in [0.3, 0.4) is 0 Å². The van der Waals surface area contributed by atoms with Crippen molar-refractivity contribution in [1.29, 1.82) is 0 Å². The molecule has 0 aliphatic carbocycles. The minimum Gasteiger partial charge on any atom is -0.497 e. The van der Waals surface area contributed by atoms with Gasteiger partial charge in [-0.25, -0.2) is 10.1 Å². The number of hydrazone groups is 1. The Morgan fingerprint density at radius 2 is 2.06 bits per heavy atom. The average Bonchev–Trinajstić information content (AvgIpc) is 3.45. The molecule has 14 nitrogen and oxygen atoms in total. The third-order valence-corrected chi connectivity index (χ3v) is 4.41. The van der Waals surface area contributed by atoms with Gasteiger partial charge in [0.25, 0.3) is 11.6 Å². The standard InChI is InChI=1S/C19H15N9O5/c1-32-14-4-2-3-12(9-14)16-15(22-26-27(16)18-17(20)24-33-25-18)19(29)23-21-10-11-5-7-13(8-6-11)28(30)31/h2-10H,1H3,(H2,20,24)(H,23,29)/b21-10-. The number of nitro benzene ring substituents is 1. The normalized spacial score (nSPS) is 10.9. The van der Waals surface area contributed by atoms with E-state index in [1.54, 1.807) is 24.3 Å². The van der Waals surface area contributed by atoms with Crippen molar-refractivity contribution in [2.75, 3.05) is 12.8 Å². The number of hydrogen-bond donors (Lipinski definition) is 2. The molecule has 0 aliphatic heterocycles. The van der Waals surface area contributed by atoms with E-state index in [1.807, 2.05) is 0 Å². The highest BCUT2D eigenvalue weighted by Gasteiger charge is 2.25. The molecule has 14 heteroatoms. The number of nitrogens with zero attached hydrogens (tertiary/aromatic N) is 7. The van der Waals surface area contributed by atoms with Crippen LogP contribution in [0.15, 0.2) is 58.3 Å². The number of benzene rings is 2. The van der Waals surface area contributed by atoms with Gasteiger partial charge >= 0.3 is 0 Å². The Morgan fingerprint density at radius 1 is 1.27 bits per heavy atom. The van der Waals surface area contributed by atoms with Gasteiger partial charge in [0.15, 0.2) is 5.69 Å². The van der Waals surface area contributed by atoms with Crippen LogP contribution in [0.2, 0.25) is 0 Å². The van der Waals surface area contributed by atoms with Crippen LogP contribution >= 0.6 is 0 Å². The Labute approximate surface area is 184 Å². The average molecular weight is 449 g/mol. The molecule has 0 fully saturated rings. The van der Waals surface area contributed by atoms with Crippen molar-refractivity contribution < 1.29 is 19.1 Å². The van der Waals surface area contributed by atoms with Crippen molar-refractivity contribution in [2.24, 2.45) is 5.10 Å². The lowest BCUT2D eigenvalue weighted by atomic mass is 10.1. The van der Waals surface area contributed by atoms with Crippen molar-refractivity contribution in [2.45, 2.75) is 0 Å². The number of ether oxygens (including phenoxy) is 1. The molecule has 0 bridgehead atoms. The first-order valence-corrected chi connectivity index (χ1v) is 9.24. The summed E-state index contributed by atoms with van der Waals surface area (Å²) in [5.41, 5.74) is 9.33. The summed E-state index contributed by atoms with van der Waals surface area (Å²) in [6, 6.07) is 12.5. The number of aromatic nitrogens is 5. The number of nitrogen functional groups attached to an aromatic ring is 1. The maximum Gasteiger partial charge on any atom is 0.294 e. The van der Waals surface area contributed by atoms with Crippen LogP contribution in [0.5, 0.6) is 5.75 Å². The van der Waals surface area contributed by atoms with Crippen LogP contribution < -0.4 is 15.9 Å². The summed E-state index contributed by atoms with van der Waals surface area (Å²) in [4.78, 5) is 23.1. The third kappa shape index (κ3) is 4.34. The SMILES string of the molecule is COc1cccc(-c2c(C(=O)N/N=C\c3ccc([N+](=O)[O-])cc3)nnn2-c2nonc2N)c1. The minimum absolute atomic E-state index is 0.0489. The molecule has 0 unspecified atom stereocenters. The molecule has 0 radical (unpaired) electrons. The second-order valence-corrected chi connectivity index (χ2v) is 6.45. The molecule has 1 amide bonds.